The van der Waals surface area contributed by atoms with Gasteiger partial charge in [0.2, 0.25) is 0 Å². The quantitative estimate of drug-likeness (QED) is 0.425. The molecule has 0 aliphatic carbocycles. The van der Waals surface area contributed by atoms with E-state index in [1.165, 1.54) is 6.20 Å². The van der Waals surface area contributed by atoms with Crippen LogP contribution in [0.15, 0.2) is 6.20 Å². The van der Waals surface area contributed by atoms with Crippen molar-refractivity contribution in [2.45, 2.75) is 6.42 Å². The molecule has 0 aromatic carbocycles. The number of nitrogens with zero attached hydrogens (tertiary/aromatic N) is 2. The van der Waals surface area contributed by atoms with Crippen LogP contribution in [0.5, 0.6) is 0 Å². The average molecular weight is 176 g/mol. The van der Waals surface area contributed by atoms with Gasteiger partial charge in [0.1, 0.15) is 6.20 Å². The molecule has 1 N–H and O–H groups in total. The highest BCUT2D eigenvalue weighted by atomic mass is 35.5. The third-order valence-corrected chi connectivity index (χ3v) is 1.33. The van der Waals surface area contributed by atoms with Gasteiger partial charge in [-0.2, -0.15) is 0 Å². The van der Waals surface area contributed by atoms with Crippen molar-refractivity contribution >= 4 is 17.4 Å². The standard InChI is InChI=1S/C5H6ClN3O2/c6-2-1-4-7-3-5(8-4)9(10)11/h3H,1-2H2,(H,7,8). The third kappa shape index (κ3) is 1.91. The fraction of sp³-hybridized carbons (Fsp3) is 0.400. The number of hydrogen-bond acceptors (Lipinski definition) is 3. The van der Waals surface area contributed by atoms with Gasteiger partial charge in [-0.1, -0.05) is 0 Å². The van der Waals surface area contributed by atoms with Crippen LogP contribution in [0.3, 0.4) is 0 Å². The predicted octanol–water partition coefficient (Wildman–Crippen LogP) is 1.10. The third-order valence-electron chi connectivity index (χ3n) is 1.14. The first-order valence-electron chi connectivity index (χ1n) is 2.98. The molecule has 0 aliphatic rings. The summed E-state index contributed by atoms with van der Waals surface area (Å²) >= 11 is 5.40. The second kappa shape index (κ2) is 3.34. The van der Waals surface area contributed by atoms with Crippen molar-refractivity contribution in [3.8, 4) is 0 Å². The minimum absolute atomic E-state index is 0.0925. The van der Waals surface area contributed by atoms with Crippen molar-refractivity contribution in [1.82, 2.24) is 9.97 Å². The largest absolute Gasteiger partial charge is 0.358 e. The van der Waals surface area contributed by atoms with Gasteiger partial charge in [-0.05, 0) is 4.92 Å². The van der Waals surface area contributed by atoms with Crippen LogP contribution in [0, 0.1) is 10.1 Å². The second-order valence-corrected chi connectivity index (χ2v) is 2.29. The van der Waals surface area contributed by atoms with Crippen LogP contribution in [-0.4, -0.2) is 20.8 Å². The molecule has 0 atom stereocenters. The summed E-state index contributed by atoms with van der Waals surface area (Å²) in [6.45, 7) is 0. The number of nitro groups is 1. The molecule has 5 nitrogen and oxygen atoms in total. The molecule has 0 fully saturated rings. The Bertz CT molecular complexity index is 260. The van der Waals surface area contributed by atoms with Gasteiger partial charge in [-0.25, -0.2) is 9.97 Å². The molecule has 1 rings (SSSR count). The van der Waals surface area contributed by atoms with E-state index in [1.54, 1.807) is 0 Å². The lowest BCUT2D eigenvalue weighted by atomic mass is 10.5. The normalized spacial score (nSPS) is 9.91. The van der Waals surface area contributed by atoms with E-state index in [1.807, 2.05) is 0 Å². The van der Waals surface area contributed by atoms with Crippen molar-refractivity contribution in [2.75, 3.05) is 5.88 Å². The number of halogens is 1. The fourth-order valence-electron chi connectivity index (χ4n) is 0.661. The maximum Gasteiger partial charge on any atom is 0.340 e. The first-order chi connectivity index (χ1) is 5.24. The van der Waals surface area contributed by atoms with E-state index in [9.17, 15) is 10.1 Å². The smallest absolute Gasteiger partial charge is 0.340 e. The van der Waals surface area contributed by atoms with E-state index < -0.39 is 4.92 Å². The van der Waals surface area contributed by atoms with Crippen LogP contribution in [0.2, 0.25) is 0 Å². The Morgan fingerprint density at radius 1 is 1.82 bits per heavy atom. The van der Waals surface area contributed by atoms with E-state index in [-0.39, 0.29) is 5.82 Å². The number of hydrogen-bond donors (Lipinski definition) is 1. The summed E-state index contributed by atoms with van der Waals surface area (Å²) in [5.41, 5.74) is 0. The molecule has 0 unspecified atom stereocenters. The number of rotatable bonds is 3. The van der Waals surface area contributed by atoms with E-state index in [0.29, 0.717) is 18.1 Å². The Hall–Kier alpha value is -1.10. The lowest BCUT2D eigenvalue weighted by Crippen LogP contribution is -1.90. The van der Waals surface area contributed by atoms with Gasteiger partial charge in [0.05, 0.1) is 0 Å². The molecule has 1 aromatic heterocycles. The number of H-pyrrole nitrogens is 1. The summed E-state index contributed by atoms with van der Waals surface area (Å²) in [5, 5.41) is 10.1. The summed E-state index contributed by atoms with van der Waals surface area (Å²) in [6.07, 6.45) is 1.71. The lowest BCUT2D eigenvalue weighted by molar-refractivity contribution is -0.389. The molecule has 6 heteroatoms. The van der Waals surface area contributed by atoms with Crippen LogP contribution in [0.4, 0.5) is 5.82 Å². The molecule has 1 heterocycles. The lowest BCUT2D eigenvalue weighted by Gasteiger charge is -1.85. The van der Waals surface area contributed by atoms with Crippen LogP contribution in [0.25, 0.3) is 0 Å². The Labute approximate surface area is 67.5 Å². The number of aromatic amines is 1. The fourth-order valence-corrected chi connectivity index (χ4v) is 0.840. The summed E-state index contributed by atoms with van der Waals surface area (Å²) < 4.78 is 0. The zero-order chi connectivity index (χ0) is 8.27. The molecule has 0 radical (unpaired) electrons. The summed E-state index contributed by atoms with van der Waals surface area (Å²) in [7, 11) is 0. The molecule has 0 saturated heterocycles. The SMILES string of the molecule is O=[N+]([O-])c1cnc(CCCl)[nH]1. The maximum atomic E-state index is 10.1. The summed E-state index contributed by atoms with van der Waals surface area (Å²) in [5.74, 6) is 0.863. The van der Waals surface area contributed by atoms with Crippen molar-refractivity contribution in [3.63, 3.8) is 0 Å². The molecule has 1 aromatic rings. The Balaban J connectivity index is 2.73. The topological polar surface area (TPSA) is 71.8 Å². The average Bonchev–Trinajstić information content (AvgIpc) is 2.37. The monoisotopic (exact) mass is 175 g/mol. The summed E-state index contributed by atoms with van der Waals surface area (Å²) in [6, 6.07) is 0. The Morgan fingerprint density at radius 3 is 3.00 bits per heavy atom. The van der Waals surface area contributed by atoms with Crippen molar-refractivity contribution in [3.05, 3.63) is 22.1 Å². The van der Waals surface area contributed by atoms with Gasteiger partial charge in [0.25, 0.3) is 0 Å². The Morgan fingerprint density at radius 2 is 2.55 bits per heavy atom. The van der Waals surface area contributed by atoms with Gasteiger partial charge >= 0.3 is 5.82 Å². The minimum Gasteiger partial charge on any atom is -0.358 e. The predicted molar refractivity (Wildman–Crippen MR) is 39.7 cm³/mol. The van der Waals surface area contributed by atoms with Crippen LogP contribution in [-0.2, 0) is 6.42 Å². The van der Waals surface area contributed by atoms with Crippen LogP contribution >= 0.6 is 11.6 Å². The van der Waals surface area contributed by atoms with Gasteiger partial charge in [0, 0.05) is 12.3 Å². The highest BCUT2D eigenvalue weighted by molar-refractivity contribution is 6.17. The summed E-state index contributed by atoms with van der Waals surface area (Å²) in [4.78, 5) is 15.9. The van der Waals surface area contributed by atoms with E-state index >= 15 is 0 Å². The van der Waals surface area contributed by atoms with Crippen molar-refractivity contribution in [1.29, 1.82) is 0 Å². The molecule has 11 heavy (non-hydrogen) atoms. The number of imidazole rings is 1. The zero-order valence-electron chi connectivity index (χ0n) is 5.58. The molecular formula is C5H6ClN3O2. The first-order valence-corrected chi connectivity index (χ1v) is 3.51. The molecule has 0 aliphatic heterocycles. The molecule has 0 bridgehead atoms. The minimum atomic E-state index is -0.523. The van der Waals surface area contributed by atoms with Crippen molar-refractivity contribution in [2.24, 2.45) is 0 Å². The van der Waals surface area contributed by atoms with Gasteiger partial charge in [-0.3, -0.25) is 0 Å². The van der Waals surface area contributed by atoms with Gasteiger partial charge < -0.3 is 10.1 Å². The molecule has 0 amide bonds. The highest BCUT2D eigenvalue weighted by Gasteiger charge is 2.08. The zero-order valence-corrected chi connectivity index (χ0v) is 6.34. The molecular weight excluding hydrogens is 170 g/mol. The Kier molecular flexibility index (Phi) is 2.43. The first kappa shape index (κ1) is 8.00. The van der Waals surface area contributed by atoms with Gasteiger partial charge in [-0.15, -0.1) is 11.6 Å². The van der Waals surface area contributed by atoms with E-state index in [2.05, 4.69) is 9.97 Å². The van der Waals surface area contributed by atoms with Crippen LogP contribution < -0.4 is 0 Å². The van der Waals surface area contributed by atoms with E-state index in [4.69, 9.17) is 11.6 Å². The van der Waals surface area contributed by atoms with E-state index in [0.717, 1.165) is 0 Å². The van der Waals surface area contributed by atoms with Crippen molar-refractivity contribution < 1.29 is 4.92 Å². The second-order valence-electron chi connectivity index (χ2n) is 1.91. The van der Waals surface area contributed by atoms with Crippen LogP contribution in [0.1, 0.15) is 5.82 Å². The van der Waals surface area contributed by atoms with Gasteiger partial charge in [0.15, 0.2) is 5.82 Å². The molecule has 0 spiro atoms. The molecule has 0 saturated carbocycles. The highest BCUT2D eigenvalue weighted by Crippen LogP contribution is 2.06. The molecule has 60 valence electrons. The number of aryl methyl sites for hydroxylation is 1. The number of nitrogens with one attached hydrogen (secondary N) is 1. The number of aromatic nitrogens is 2. The number of alkyl halides is 1. The maximum absolute atomic E-state index is 10.1.